The van der Waals surface area contributed by atoms with E-state index in [4.69, 9.17) is 4.74 Å². The van der Waals surface area contributed by atoms with E-state index in [9.17, 15) is 8.78 Å². The first-order valence-corrected chi connectivity index (χ1v) is 9.32. The zero-order valence-corrected chi connectivity index (χ0v) is 19.7. The zero-order chi connectivity index (χ0) is 21.1. The maximum atomic E-state index is 12.6. The number of rotatable bonds is 10. The Kier molecular flexibility index (Phi) is 12.1. The average molecular weight is 534 g/mol. The SMILES string of the molecule is CN=C(NCc1ccccc1OCCN(C)C)NCc1ccccc1OC(F)F.I. The van der Waals surface area contributed by atoms with Crippen LogP contribution in [0.25, 0.3) is 0 Å². The lowest BCUT2D eigenvalue weighted by Gasteiger charge is -2.16. The van der Waals surface area contributed by atoms with Gasteiger partial charge in [0, 0.05) is 37.8 Å². The third kappa shape index (κ3) is 9.12. The summed E-state index contributed by atoms with van der Waals surface area (Å²) in [7, 11) is 5.64. The van der Waals surface area contributed by atoms with Gasteiger partial charge in [0.15, 0.2) is 5.96 Å². The van der Waals surface area contributed by atoms with Gasteiger partial charge in [-0.25, -0.2) is 0 Å². The van der Waals surface area contributed by atoms with Gasteiger partial charge in [-0.3, -0.25) is 4.99 Å². The second kappa shape index (κ2) is 14.0. The molecule has 0 bridgehead atoms. The first-order valence-electron chi connectivity index (χ1n) is 9.32. The maximum absolute atomic E-state index is 12.6. The summed E-state index contributed by atoms with van der Waals surface area (Å²) in [5.41, 5.74) is 1.61. The number of nitrogens with zero attached hydrogens (tertiary/aromatic N) is 2. The molecule has 2 aromatic rings. The summed E-state index contributed by atoms with van der Waals surface area (Å²) in [5.74, 6) is 1.50. The molecule has 2 rings (SSSR count). The number of aliphatic imine (C=N–C) groups is 1. The van der Waals surface area contributed by atoms with Crippen molar-refractivity contribution >= 4 is 29.9 Å². The maximum Gasteiger partial charge on any atom is 0.387 e. The van der Waals surface area contributed by atoms with Crippen LogP contribution in [0.3, 0.4) is 0 Å². The van der Waals surface area contributed by atoms with Crippen molar-refractivity contribution in [3.8, 4) is 11.5 Å². The number of likely N-dealkylation sites (N-methyl/N-ethyl adjacent to an activating group) is 1. The fraction of sp³-hybridized carbons (Fsp3) is 0.381. The van der Waals surface area contributed by atoms with E-state index in [1.165, 1.54) is 6.07 Å². The molecule has 0 heterocycles. The van der Waals surface area contributed by atoms with Crippen molar-refractivity contribution < 1.29 is 18.3 Å². The first-order chi connectivity index (χ1) is 14.0. The summed E-state index contributed by atoms with van der Waals surface area (Å²) < 4.78 is 35.5. The lowest BCUT2D eigenvalue weighted by atomic mass is 10.2. The molecule has 0 saturated carbocycles. The number of benzene rings is 2. The monoisotopic (exact) mass is 534 g/mol. The largest absolute Gasteiger partial charge is 0.492 e. The van der Waals surface area contributed by atoms with E-state index in [0.717, 1.165) is 17.9 Å². The molecule has 9 heteroatoms. The zero-order valence-electron chi connectivity index (χ0n) is 17.4. The van der Waals surface area contributed by atoms with Crippen LogP contribution < -0.4 is 20.1 Å². The van der Waals surface area contributed by atoms with Crippen molar-refractivity contribution in [1.82, 2.24) is 15.5 Å². The number of ether oxygens (including phenoxy) is 2. The molecular formula is C21H29F2IN4O2. The highest BCUT2D eigenvalue weighted by atomic mass is 127. The Bertz CT molecular complexity index is 791. The topological polar surface area (TPSA) is 58.1 Å². The van der Waals surface area contributed by atoms with Crippen LogP contribution in [0, 0.1) is 0 Å². The molecular weight excluding hydrogens is 505 g/mol. The van der Waals surface area contributed by atoms with Crippen LogP contribution in [0.2, 0.25) is 0 Å². The number of hydrogen-bond donors (Lipinski definition) is 2. The predicted octanol–water partition coefficient (Wildman–Crippen LogP) is 3.71. The lowest BCUT2D eigenvalue weighted by Crippen LogP contribution is -2.36. The van der Waals surface area contributed by atoms with E-state index >= 15 is 0 Å². The smallest absolute Gasteiger partial charge is 0.387 e. The Labute approximate surface area is 193 Å². The fourth-order valence-corrected chi connectivity index (χ4v) is 2.57. The molecule has 2 aromatic carbocycles. The molecule has 0 saturated heterocycles. The van der Waals surface area contributed by atoms with Crippen molar-refractivity contribution in [2.24, 2.45) is 4.99 Å². The molecule has 30 heavy (non-hydrogen) atoms. The van der Waals surface area contributed by atoms with Gasteiger partial charge in [-0.2, -0.15) is 8.78 Å². The van der Waals surface area contributed by atoms with Gasteiger partial charge in [-0.1, -0.05) is 36.4 Å². The number of halogens is 3. The summed E-state index contributed by atoms with van der Waals surface area (Å²) in [5, 5.41) is 6.33. The highest BCUT2D eigenvalue weighted by Gasteiger charge is 2.10. The molecule has 0 aromatic heterocycles. The summed E-state index contributed by atoms with van der Waals surface area (Å²) in [6.45, 7) is -0.642. The van der Waals surface area contributed by atoms with Crippen molar-refractivity contribution in [1.29, 1.82) is 0 Å². The molecule has 0 radical (unpaired) electrons. The van der Waals surface area contributed by atoms with Crippen molar-refractivity contribution in [3.05, 3.63) is 59.7 Å². The number of para-hydroxylation sites is 2. The average Bonchev–Trinajstić information content (AvgIpc) is 2.69. The first kappa shape index (κ1) is 25.9. The summed E-state index contributed by atoms with van der Waals surface area (Å²) in [6.07, 6.45) is 0. The lowest BCUT2D eigenvalue weighted by molar-refractivity contribution is -0.0504. The quantitative estimate of drug-likeness (QED) is 0.277. The van der Waals surface area contributed by atoms with Crippen LogP contribution in [0.5, 0.6) is 11.5 Å². The number of nitrogens with one attached hydrogen (secondary N) is 2. The van der Waals surface area contributed by atoms with Crippen LogP contribution in [-0.4, -0.2) is 51.8 Å². The van der Waals surface area contributed by atoms with Crippen molar-refractivity contribution in [2.45, 2.75) is 19.7 Å². The Hall–Kier alpha value is -2.14. The highest BCUT2D eigenvalue weighted by molar-refractivity contribution is 14.0. The van der Waals surface area contributed by atoms with Gasteiger partial charge >= 0.3 is 6.61 Å². The van der Waals surface area contributed by atoms with Crippen LogP contribution in [-0.2, 0) is 13.1 Å². The van der Waals surface area contributed by atoms with Crippen LogP contribution in [0.4, 0.5) is 8.78 Å². The van der Waals surface area contributed by atoms with Gasteiger partial charge in [0.2, 0.25) is 0 Å². The van der Waals surface area contributed by atoms with Gasteiger partial charge < -0.3 is 25.0 Å². The Morgan fingerprint density at radius 3 is 2.03 bits per heavy atom. The van der Waals surface area contributed by atoms with E-state index in [1.54, 1.807) is 25.2 Å². The van der Waals surface area contributed by atoms with Crippen LogP contribution >= 0.6 is 24.0 Å². The molecule has 0 aliphatic rings. The van der Waals surface area contributed by atoms with E-state index in [1.807, 2.05) is 38.4 Å². The molecule has 2 N–H and O–H groups in total. The minimum atomic E-state index is -2.86. The second-order valence-corrected chi connectivity index (χ2v) is 6.53. The molecule has 6 nitrogen and oxygen atoms in total. The van der Waals surface area contributed by atoms with Gasteiger partial charge in [-0.15, -0.1) is 24.0 Å². The molecule has 0 aliphatic heterocycles. The Morgan fingerprint density at radius 2 is 1.50 bits per heavy atom. The molecule has 0 aliphatic carbocycles. The predicted molar refractivity (Wildman–Crippen MR) is 126 cm³/mol. The molecule has 166 valence electrons. The third-order valence-electron chi connectivity index (χ3n) is 4.07. The molecule has 0 spiro atoms. The standard InChI is InChI=1S/C21H28F2N4O2.HI/c1-24-21(26-15-17-9-5-7-11-19(17)29-20(22)23)25-14-16-8-4-6-10-18(16)28-13-12-27(2)3;/h4-11,20H,12-15H2,1-3H3,(H2,24,25,26);1H. The minimum absolute atomic E-state index is 0. The Balaban J connectivity index is 0.00000450. The van der Waals surface area contributed by atoms with Gasteiger partial charge in [0.1, 0.15) is 18.1 Å². The number of alkyl halides is 2. The number of guanidine groups is 1. The van der Waals surface area contributed by atoms with Crippen LogP contribution in [0.1, 0.15) is 11.1 Å². The van der Waals surface area contributed by atoms with E-state index in [-0.39, 0.29) is 29.7 Å². The Morgan fingerprint density at radius 1 is 0.967 bits per heavy atom. The van der Waals surface area contributed by atoms with Gasteiger partial charge in [0.25, 0.3) is 0 Å². The van der Waals surface area contributed by atoms with Gasteiger partial charge in [-0.05, 0) is 26.2 Å². The minimum Gasteiger partial charge on any atom is -0.492 e. The summed E-state index contributed by atoms with van der Waals surface area (Å²) in [4.78, 5) is 6.24. The van der Waals surface area contributed by atoms with E-state index in [2.05, 4.69) is 25.3 Å². The summed E-state index contributed by atoms with van der Waals surface area (Å²) in [6, 6.07) is 14.5. The van der Waals surface area contributed by atoms with Crippen molar-refractivity contribution in [2.75, 3.05) is 34.3 Å². The van der Waals surface area contributed by atoms with E-state index in [0.29, 0.717) is 31.2 Å². The fourth-order valence-electron chi connectivity index (χ4n) is 2.57. The summed E-state index contributed by atoms with van der Waals surface area (Å²) >= 11 is 0. The van der Waals surface area contributed by atoms with Crippen molar-refractivity contribution in [3.63, 3.8) is 0 Å². The molecule has 0 unspecified atom stereocenters. The third-order valence-corrected chi connectivity index (χ3v) is 4.07. The van der Waals surface area contributed by atoms with Crippen LogP contribution in [0.15, 0.2) is 53.5 Å². The molecule has 0 atom stereocenters. The van der Waals surface area contributed by atoms with E-state index < -0.39 is 6.61 Å². The van der Waals surface area contributed by atoms with Gasteiger partial charge in [0.05, 0.1) is 0 Å². The highest BCUT2D eigenvalue weighted by Crippen LogP contribution is 2.20. The molecule has 0 amide bonds. The molecule has 0 fully saturated rings. The second-order valence-electron chi connectivity index (χ2n) is 6.53. The normalized spacial score (nSPS) is 11.2. The number of hydrogen-bond acceptors (Lipinski definition) is 4.